The van der Waals surface area contributed by atoms with E-state index in [1.807, 2.05) is 0 Å². The van der Waals surface area contributed by atoms with Crippen molar-refractivity contribution in [2.75, 3.05) is 7.05 Å². The van der Waals surface area contributed by atoms with Crippen molar-refractivity contribution in [3.05, 3.63) is 70.5 Å². The van der Waals surface area contributed by atoms with Gasteiger partial charge < -0.3 is 5.32 Å². The zero-order valence-electron chi connectivity index (χ0n) is 10.7. The highest BCUT2D eigenvalue weighted by Gasteiger charge is 2.18. The standard InChI is InChI=1S/C15H14F3N/c1-9-4-3-5-13(14(9)18)15(19-2)10-6-11(16)8-12(17)7-10/h3-8,15,19H,1-2H3. The lowest BCUT2D eigenvalue weighted by atomic mass is 9.96. The van der Waals surface area contributed by atoms with Crippen LogP contribution in [0.25, 0.3) is 0 Å². The number of nitrogens with one attached hydrogen (secondary N) is 1. The van der Waals surface area contributed by atoms with Gasteiger partial charge in [0.25, 0.3) is 0 Å². The molecule has 0 fully saturated rings. The molecular formula is C15H14F3N. The molecule has 0 saturated carbocycles. The first kappa shape index (κ1) is 13.6. The molecule has 0 aliphatic rings. The van der Waals surface area contributed by atoms with E-state index in [0.29, 0.717) is 16.7 Å². The number of halogens is 3. The Hall–Kier alpha value is -1.81. The van der Waals surface area contributed by atoms with E-state index in [0.717, 1.165) is 6.07 Å². The summed E-state index contributed by atoms with van der Waals surface area (Å²) in [5.41, 5.74) is 1.21. The summed E-state index contributed by atoms with van der Waals surface area (Å²) in [5.74, 6) is -1.72. The molecule has 2 rings (SSSR count). The van der Waals surface area contributed by atoms with Crippen molar-refractivity contribution in [3.8, 4) is 0 Å². The van der Waals surface area contributed by atoms with Gasteiger partial charge in [0.05, 0.1) is 6.04 Å². The Morgan fingerprint density at radius 2 is 1.63 bits per heavy atom. The fourth-order valence-electron chi connectivity index (χ4n) is 2.14. The van der Waals surface area contributed by atoms with E-state index in [1.165, 1.54) is 12.1 Å². The first-order chi connectivity index (χ1) is 9.02. The average Bonchev–Trinajstić information content (AvgIpc) is 2.34. The summed E-state index contributed by atoms with van der Waals surface area (Å²) in [4.78, 5) is 0. The molecule has 0 heterocycles. The van der Waals surface area contributed by atoms with Crippen LogP contribution in [-0.4, -0.2) is 7.05 Å². The quantitative estimate of drug-likeness (QED) is 0.891. The second-order valence-electron chi connectivity index (χ2n) is 4.40. The van der Waals surface area contributed by atoms with Crippen molar-refractivity contribution in [2.45, 2.75) is 13.0 Å². The van der Waals surface area contributed by atoms with E-state index >= 15 is 0 Å². The van der Waals surface area contributed by atoms with Gasteiger partial charge in [0.1, 0.15) is 17.5 Å². The van der Waals surface area contributed by atoms with Gasteiger partial charge in [0.2, 0.25) is 0 Å². The molecule has 1 atom stereocenters. The molecule has 1 nitrogen and oxygen atoms in total. The van der Waals surface area contributed by atoms with Gasteiger partial charge in [-0.25, -0.2) is 13.2 Å². The van der Waals surface area contributed by atoms with Crippen LogP contribution in [0.1, 0.15) is 22.7 Å². The molecule has 4 heteroatoms. The van der Waals surface area contributed by atoms with E-state index < -0.39 is 17.7 Å². The second kappa shape index (κ2) is 5.45. The summed E-state index contributed by atoms with van der Waals surface area (Å²) in [6.45, 7) is 1.65. The van der Waals surface area contributed by atoms with E-state index in [2.05, 4.69) is 5.32 Å². The van der Waals surface area contributed by atoms with Crippen molar-refractivity contribution in [2.24, 2.45) is 0 Å². The van der Waals surface area contributed by atoms with Crippen LogP contribution in [0.15, 0.2) is 36.4 Å². The van der Waals surface area contributed by atoms with Gasteiger partial charge in [-0.15, -0.1) is 0 Å². The number of rotatable bonds is 3. The first-order valence-electron chi connectivity index (χ1n) is 5.91. The maximum absolute atomic E-state index is 14.1. The number of hydrogen-bond acceptors (Lipinski definition) is 1. The van der Waals surface area contributed by atoms with Crippen LogP contribution in [0, 0.1) is 24.4 Å². The molecule has 1 N–H and O–H groups in total. The van der Waals surface area contributed by atoms with Crippen molar-refractivity contribution >= 4 is 0 Å². The minimum absolute atomic E-state index is 0.351. The topological polar surface area (TPSA) is 12.0 Å². The molecule has 19 heavy (non-hydrogen) atoms. The molecule has 0 bridgehead atoms. The lowest BCUT2D eigenvalue weighted by molar-refractivity contribution is 0.553. The third-order valence-electron chi connectivity index (χ3n) is 3.04. The van der Waals surface area contributed by atoms with E-state index in [-0.39, 0.29) is 5.82 Å². The van der Waals surface area contributed by atoms with Gasteiger partial charge in [0.15, 0.2) is 0 Å². The predicted octanol–water partition coefficient (Wildman–Crippen LogP) is 3.72. The van der Waals surface area contributed by atoms with Gasteiger partial charge in [-0.05, 0) is 37.2 Å². The normalized spacial score (nSPS) is 12.5. The highest BCUT2D eigenvalue weighted by Crippen LogP contribution is 2.26. The highest BCUT2D eigenvalue weighted by molar-refractivity contribution is 5.35. The molecule has 0 saturated heterocycles. The van der Waals surface area contributed by atoms with Crippen LogP contribution in [0.5, 0.6) is 0 Å². The molecule has 0 spiro atoms. The van der Waals surface area contributed by atoms with E-state index in [9.17, 15) is 13.2 Å². The molecule has 0 aromatic heterocycles. The lowest BCUT2D eigenvalue weighted by Crippen LogP contribution is -2.19. The Morgan fingerprint density at radius 3 is 2.21 bits per heavy atom. The van der Waals surface area contributed by atoms with Crippen molar-refractivity contribution in [1.29, 1.82) is 0 Å². The maximum atomic E-state index is 14.1. The van der Waals surface area contributed by atoms with Gasteiger partial charge in [-0.2, -0.15) is 0 Å². The number of benzene rings is 2. The molecule has 0 amide bonds. The largest absolute Gasteiger partial charge is 0.309 e. The van der Waals surface area contributed by atoms with Crippen molar-refractivity contribution in [1.82, 2.24) is 5.32 Å². The van der Waals surface area contributed by atoms with Gasteiger partial charge in [-0.1, -0.05) is 18.2 Å². The summed E-state index contributed by atoms with van der Waals surface area (Å²) in [6, 6.07) is 7.57. The molecule has 100 valence electrons. The molecule has 2 aromatic carbocycles. The molecule has 0 aliphatic heterocycles. The first-order valence-corrected chi connectivity index (χ1v) is 5.91. The van der Waals surface area contributed by atoms with Crippen molar-refractivity contribution < 1.29 is 13.2 Å². The monoisotopic (exact) mass is 265 g/mol. The lowest BCUT2D eigenvalue weighted by Gasteiger charge is -2.19. The van der Waals surface area contributed by atoms with E-state index in [4.69, 9.17) is 0 Å². The Labute approximate surface area is 110 Å². The molecule has 2 aromatic rings. The number of hydrogen-bond donors (Lipinski definition) is 1. The van der Waals surface area contributed by atoms with Gasteiger partial charge in [0, 0.05) is 11.6 Å². The second-order valence-corrected chi connectivity index (χ2v) is 4.40. The smallest absolute Gasteiger partial charge is 0.131 e. The van der Waals surface area contributed by atoms with Crippen LogP contribution < -0.4 is 5.32 Å². The molecule has 1 unspecified atom stereocenters. The minimum Gasteiger partial charge on any atom is -0.309 e. The molecule has 0 aliphatic carbocycles. The fourth-order valence-corrected chi connectivity index (χ4v) is 2.14. The Morgan fingerprint density at radius 1 is 1.00 bits per heavy atom. The van der Waals surface area contributed by atoms with Crippen LogP contribution in [0.4, 0.5) is 13.2 Å². The summed E-state index contributed by atoms with van der Waals surface area (Å²) >= 11 is 0. The zero-order chi connectivity index (χ0) is 14.0. The van der Waals surface area contributed by atoms with Crippen LogP contribution >= 0.6 is 0 Å². The summed E-state index contributed by atoms with van der Waals surface area (Å²) in [6.07, 6.45) is 0. The zero-order valence-corrected chi connectivity index (χ0v) is 10.7. The summed E-state index contributed by atoms with van der Waals surface area (Å²) in [5, 5.41) is 2.88. The fraction of sp³-hybridized carbons (Fsp3) is 0.200. The van der Waals surface area contributed by atoms with Gasteiger partial charge >= 0.3 is 0 Å². The number of aryl methyl sites for hydroxylation is 1. The Kier molecular flexibility index (Phi) is 3.90. The third-order valence-corrected chi connectivity index (χ3v) is 3.04. The minimum atomic E-state index is -0.677. The van der Waals surface area contributed by atoms with Crippen LogP contribution in [0.2, 0.25) is 0 Å². The Bertz CT molecular complexity index is 576. The summed E-state index contributed by atoms with van der Waals surface area (Å²) in [7, 11) is 1.62. The highest BCUT2D eigenvalue weighted by atomic mass is 19.1. The van der Waals surface area contributed by atoms with Crippen LogP contribution in [-0.2, 0) is 0 Å². The van der Waals surface area contributed by atoms with Crippen molar-refractivity contribution in [3.63, 3.8) is 0 Å². The summed E-state index contributed by atoms with van der Waals surface area (Å²) < 4.78 is 40.6. The predicted molar refractivity (Wildman–Crippen MR) is 68.4 cm³/mol. The maximum Gasteiger partial charge on any atom is 0.131 e. The third kappa shape index (κ3) is 2.79. The Balaban J connectivity index is 2.53. The average molecular weight is 265 g/mol. The molecular weight excluding hydrogens is 251 g/mol. The van der Waals surface area contributed by atoms with Crippen LogP contribution in [0.3, 0.4) is 0 Å². The SMILES string of the molecule is CNC(c1cc(F)cc(F)c1)c1cccc(C)c1F. The van der Waals surface area contributed by atoms with Gasteiger partial charge in [-0.3, -0.25) is 0 Å². The van der Waals surface area contributed by atoms with E-state index in [1.54, 1.807) is 32.2 Å². The molecule has 0 radical (unpaired) electrons.